The molecule has 0 aliphatic heterocycles. The monoisotopic (exact) mass is 288 g/mol. The van der Waals surface area contributed by atoms with Crippen molar-refractivity contribution in [2.45, 2.75) is 31.7 Å². The van der Waals surface area contributed by atoms with Crippen LogP contribution in [0.15, 0.2) is 36.5 Å². The molecule has 1 heterocycles. The Morgan fingerprint density at radius 1 is 1.33 bits per heavy atom. The predicted molar refractivity (Wildman–Crippen MR) is 81.3 cm³/mol. The van der Waals surface area contributed by atoms with Crippen LogP contribution in [-0.4, -0.2) is 28.2 Å². The summed E-state index contributed by atoms with van der Waals surface area (Å²) in [6, 6.07) is 9.68. The summed E-state index contributed by atoms with van der Waals surface area (Å²) >= 11 is 0. The summed E-state index contributed by atoms with van der Waals surface area (Å²) in [7, 11) is 0. The molecule has 1 aromatic heterocycles. The molecule has 0 bridgehead atoms. The summed E-state index contributed by atoms with van der Waals surface area (Å²) in [5, 5.41) is 9.97. The number of ether oxygens (including phenoxy) is 1. The Balaban J connectivity index is 1.85. The number of fused-ring (bicyclic) bond motifs is 1. The second kappa shape index (κ2) is 6.54. The molecule has 1 aromatic carbocycles. The fourth-order valence-corrected chi connectivity index (χ4v) is 2.08. The van der Waals surface area contributed by atoms with E-state index in [0.717, 1.165) is 23.1 Å². The zero-order chi connectivity index (χ0) is 15.3. The van der Waals surface area contributed by atoms with Gasteiger partial charge in [-0.2, -0.15) is 0 Å². The van der Waals surface area contributed by atoms with Gasteiger partial charge in [0.25, 0.3) is 0 Å². The van der Waals surface area contributed by atoms with E-state index >= 15 is 0 Å². The molecule has 5 nitrogen and oxygen atoms in total. The average molecular weight is 288 g/mol. The Bertz CT molecular complexity index is 620. The van der Waals surface area contributed by atoms with Gasteiger partial charge in [0.15, 0.2) is 0 Å². The number of nitrogens with two attached hydrogens (primary N) is 1. The molecule has 0 fully saturated rings. The molecule has 21 heavy (non-hydrogen) atoms. The van der Waals surface area contributed by atoms with Crippen LogP contribution < -0.4 is 10.5 Å². The zero-order valence-corrected chi connectivity index (χ0v) is 12.1. The number of benzene rings is 1. The van der Waals surface area contributed by atoms with Crippen molar-refractivity contribution in [3.8, 4) is 5.75 Å². The molecule has 0 saturated heterocycles. The molecule has 0 radical (unpaired) electrons. The Kier molecular flexibility index (Phi) is 4.75. The third kappa shape index (κ3) is 3.92. The summed E-state index contributed by atoms with van der Waals surface area (Å²) in [4.78, 5) is 15.2. The predicted octanol–water partition coefficient (Wildman–Crippen LogP) is 2.59. The quantitative estimate of drug-likeness (QED) is 0.765. The van der Waals surface area contributed by atoms with Crippen molar-refractivity contribution < 1.29 is 14.6 Å². The number of carboxylic acid groups (broad SMARTS) is 1. The average Bonchev–Trinajstić information content (AvgIpc) is 2.47. The topological polar surface area (TPSA) is 85.4 Å². The number of carbonyl (C=O) groups is 1. The highest BCUT2D eigenvalue weighted by atomic mass is 16.5. The number of nitrogens with zero attached hydrogens (tertiary/aromatic N) is 1. The van der Waals surface area contributed by atoms with E-state index in [4.69, 9.17) is 15.6 Å². The van der Waals surface area contributed by atoms with Crippen LogP contribution >= 0.6 is 0 Å². The third-order valence-electron chi connectivity index (χ3n) is 3.43. The van der Waals surface area contributed by atoms with Gasteiger partial charge in [0.2, 0.25) is 0 Å². The maximum Gasteiger partial charge on any atom is 0.323 e. The number of hydrogen-bond acceptors (Lipinski definition) is 4. The maximum atomic E-state index is 10.9. The van der Waals surface area contributed by atoms with Crippen molar-refractivity contribution in [2.75, 3.05) is 6.61 Å². The van der Waals surface area contributed by atoms with Crippen LogP contribution in [0, 0.1) is 0 Å². The lowest BCUT2D eigenvalue weighted by molar-refractivity contribution is -0.142. The number of para-hydroxylation sites is 1. The fraction of sp³-hybridized carbons (Fsp3) is 0.375. The van der Waals surface area contributed by atoms with E-state index in [1.165, 1.54) is 6.92 Å². The standard InChI is InChI=1S/C16H20N2O3/c1-16(17,15(19)20)9-2-3-11-21-13-8-4-6-12-7-5-10-18-14(12)13/h4-8,10H,2-3,9,11,17H2,1H3,(H,19,20). The molecular formula is C16H20N2O3. The SMILES string of the molecule is CC(N)(CCCCOc1cccc2cccnc12)C(=O)O. The molecule has 5 heteroatoms. The largest absolute Gasteiger partial charge is 0.491 e. The van der Waals surface area contributed by atoms with Crippen LogP contribution in [0.1, 0.15) is 26.2 Å². The highest BCUT2D eigenvalue weighted by Gasteiger charge is 2.26. The van der Waals surface area contributed by atoms with Gasteiger partial charge in [0.05, 0.1) is 6.61 Å². The Morgan fingerprint density at radius 3 is 2.86 bits per heavy atom. The van der Waals surface area contributed by atoms with E-state index in [0.29, 0.717) is 19.4 Å². The number of aliphatic carboxylic acids is 1. The molecule has 0 spiro atoms. The molecule has 0 saturated carbocycles. The summed E-state index contributed by atoms with van der Waals surface area (Å²) in [6.07, 6.45) is 3.63. The number of unbranched alkanes of at least 4 members (excludes halogenated alkanes) is 1. The van der Waals surface area contributed by atoms with Crippen LogP contribution in [0.2, 0.25) is 0 Å². The lowest BCUT2D eigenvalue weighted by atomic mass is 9.97. The van der Waals surface area contributed by atoms with E-state index in [-0.39, 0.29) is 0 Å². The Labute approximate surface area is 123 Å². The Hall–Kier alpha value is -2.14. The third-order valence-corrected chi connectivity index (χ3v) is 3.43. The van der Waals surface area contributed by atoms with E-state index in [1.54, 1.807) is 6.20 Å². The first-order chi connectivity index (χ1) is 10.0. The van der Waals surface area contributed by atoms with Gasteiger partial charge in [-0.15, -0.1) is 0 Å². The molecule has 2 rings (SSSR count). The molecule has 3 N–H and O–H groups in total. The fourth-order valence-electron chi connectivity index (χ4n) is 2.08. The van der Waals surface area contributed by atoms with Gasteiger partial charge in [-0.1, -0.05) is 18.2 Å². The second-order valence-electron chi connectivity index (χ2n) is 5.36. The Morgan fingerprint density at radius 2 is 2.10 bits per heavy atom. The van der Waals surface area contributed by atoms with Crippen LogP contribution in [0.3, 0.4) is 0 Å². The number of pyridine rings is 1. The molecule has 2 aromatic rings. The van der Waals surface area contributed by atoms with Gasteiger partial charge >= 0.3 is 5.97 Å². The van der Waals surface area contributed by atoms with Gasteiger partial charge in [-0.3, -0.25) is 9.78 Å². The highest BCUT2D eigenvalue weighted by Crippen LogP contribution is 2.23. The van der Waals surface area contributed by atoms with Crippen molar-refractivity contribution in [2.24, 2.45) is 5.73 Å². The van der Waals surface area contributed by atoms with Crippen molar-refractivity contribution in [1.29, 1.82) is 0 Å². The van der Waals surface area contributed by atoms with Gasteiger partial charge < -0.3 is 15.6 Å². The van der Waals surface area contributed by atoms with Crippen LogP contribution in [0.25, 0.3) is 10.9 Å². The van der Waals surface area contributed by atoms with E-state index < -0.39 is 11.5 Å². The van der Waals surface area contributed by atoms with Crippen LogP contribution in [0.5, 0.6) is 5.75 Å². The van der Waals surface area contributed by atoms with Crippen LogP contribution in [0.4, 0.5) is 0 Å². The number of rotatable bonds is 7. The number of aromatic nitrogens is 1. The highest BCUT2D eigenvalue weighted by molar-refractivity contribution is 5.84. The van der Waals surface area contributed by atoms with Gasteiger partial charge in [-0.25, -0.2) is 0 Å². The first-order valence-corrected chi connectivity index (χ1v) is 6.99. The molecule has 0 aliphatic rings. The number of hydrogen-bond donors (Lipinski definition) is 2. The smallest absolute Gasteiger partial charge is 0.323 e. The molecular weight excluding hydrogens is 268 g/mol. The van der Waals surface area contributed by atoms with Crippen LogP contribution in [-0.2, 0) is 4.79 Å². The minimum atomic E-state index is -1.17. The normalized spacial score (nSPS) is 13.8. The minimum absolute atomic E-state index is 0.430. The van der Waals surface area contributed by atoms with Gasteiger partial charge in [0.1, 0.15) is 16.8 Å². The maximum absolute atomic E-state index is 10.9. The molecule has 0 aliphatic carbocycles. The van der Waals surface area contributed by atoms with Gasteiger partial charge in [0, 0.05) is 11.6 Å². The van der Waals surface area contributed by atoms with Gasteiger partial charge in [-0.05, 0) is 38.3 Å². The summed E-state index contributed by atoms with van der Waals surface area (Å²) in [5.41, 5.74) is 5.35. The van der Waals surface area contributed by atoms with Crippen molar-refractivity contribution in [1.82, 2.24) is 4.98 Å². The zero-order valence-electron chi connectivity index (χ0n) is 12.1. The van der Waals surface area contributed by atoms with E-state index in [9.17, 15) is 4.79 Å². The van der Waals surface area contributed by atoms with E-state index in [2.05, 4.69) is 4.98 Å². The lowest BCUT2D eigenvalue weighted by Crippen LogP contribution is -2.44. The van der Waals surface area contributed by atoms with Crippen molar-refractivity contribution in [3.63, 3.8) is 0 Å². The summed E-state index contributed by atoms with van der Waals surface area (Å²) in [5.74, 6) is -0.219. The first kappa shape index (κ1) is 15.3. The molecule has 1 unspecified atom stereocenters. The second-order valence-corrected chi connectivity index (χ2v) is 5.36. The summed E-state index contributed by atoms with van der Waals surface area (Å²) in [6.45, 7) is 2.05. The van der Waals surface area contributed by atoms with E-state index in [1.807, 2.05) is 30.3 Å². The first-order valence-electron chi connectivity index (χ1n) is 6.99. The summed E-state index contributed by atoms with van der Waals surface area (Å²) < 4.78 is 5.74. The lowest BCUT2D eigenvalue weighted by Gasteiger charge is -2.18. The van der Waals surface area contributed by atoms with Crippen molar-refractivity contribution in [3.05, 3.63) is 36.5 Å². The molecule has 1 atom stereocenters. The molecule has 0 amide bonds. The number of carboxylic acids is 1. The molecule has 112 valence electrons. The minimum Gasteiger partial charge on any atom is -0.491 e. The van der Waals surface area contributed by atoms with Crippen molar-refractivity contribution >= 4 is 16.9 Å².